The summed E-state index contributed by atoms with van der Waals surface area (Å²) in [6.07, 6.45) is 2.58. The number of ether oxygens (including phenoxy) is 12. The van der Waals surface area contributed by atoms with Crippen molar-refractivity contribution >= 4 is 35.8 Å². The lowest BCUT2D eigenvalue weighted by atomic mass is 9.50. The number of esters is 6. The molecule has 13 rings (SSSR count). The maximum Gasteiger partial charge on any atom is 0.308 e. The summed E-state index contributed by atoms with van der Waals surface area (Å²) in [6, 6.07) is -0.380. The highest BCUT2D eigenvalue weighted by Crippen LogP contribution is 2.67. The number of methoxy groups -OCH3 is 1. The number of hydrogen-bond acceptors (Lipinski definition) is 25. The van der Waals surface area contributed by atoms with E-state index in [-0.39, 0.29) is 79.3 Å². The Hall–Kier alpha value is -3.70. The van der Waals surface area contributed by atoms with Crippen LogP contribution >= 0.6 is 0 Å². The molecule has 0 amide bonds. The Labute approximate surface area is 534 Å². The van der Waals surface area contributed by atoms with Crippen molar-refractivity contribution in [2.24, 2.45) is 70.5 Å². The molecular formula is C66H101NO24. The minimum absolute atomic E-state index is 0.0560. The van der Waals surface area contributed by atoms with Gasteiger partial charge in [-0.15, -0.1) is 0 Å². The molecule has 13 fully saturated rings. The first-order valence-corrected chi connectivity index (χ1v) is 33.8. The van der Waals surface area contributed by atoms with Crippen molar-refractivity contribution in [3.05, 3.63) is 0 Å². The molecular weight excluding hydrogens is 1190 g/mol. The predicted molar refractivity (Wildman–Crippen MR) is 312 cm³/mol. The zero-order chi connectivity index (χ0) is 65.3. The number of rotatable bonds is 21. The maximum absolute atomic E-state index is 13.7. The van der Waals surface area contributed by atoms with Gasteiger partial charge >= 0.3 is 35.8 Å². The Morgan fingerprint density at radius 2 is 0.989 bits per heavy atom. The van der Waals surface area contributed by atoms with E-state index in [1.54, 1.807) is 21.0 Å². The van der Waals surface area contributed by atoms with Crippen LogP contribution in [-0.4, -0.2) is 147 Å². The zero-order valence-electron chi connectivity index (χ0n) is 55.7. The molecule has 0 aromatic heterocycles. The molecule has 0 radical (unpaired) electrons. The molecule has 10 aliphatic heterocycles. The molecule has 91 heavy (non-hydrogen) atoms. The second-order valence-electron chi connectivity index (χ2n) is 30.0. The van der Waals surface area contributed by atoms with E-state index in [1.165, 1.54) is 0 Å². The summed E-state index contributed by atoms with van der Waals surface area (Å²) >= 11 is 0. The molecule has 25 heteroatoms. The summed E-state index contributed by atoms with van der Waals surface area (Å²) in [5.74, 6) is -7.26. The fourth-order valence-electron chi connectivity index (χ4n) is 17.9. The third-order valence-electron chi connectivity index (χ3n) is 23.6. The first kappa shape index (κ1) is 68.7. The van der Waals surface area contributed by atoms with Crippen LogP contribution in [0.15, 0.2) is 0 Å². The molecule has 3 saturated carbocycles. The smallest absolute Gasteiger partial charge is 0.308 e. The van der Waals surface area contributed by atoms with E-state index in [4.69, 9.17) is 86.2 Å². The number of carbonyl (C=O) groups is 6. The highest BCUT2D eigenvalue weighted by Gasteiger charge is 2.75. The summed E-state index contributed by atoms with van der Waals surface area (Å²) in [4.78, 5) is 119. The van der Waals surface area contributed by atoms with E-state index in [1.807, 2.05) is 41.5 Å². The lowest BCUT2D eigenvalue weighted by molar-refractivity contribution is -0.586. The van der Waals surface area contributed by atoms with E-state index >= 15 is 0 Å². The Balaban J connectivity index is 0.710. The Bertz CT molecular complexity index is 2680. The van der Waals surface area contributed by atoms with Crippen LogP contribution in [0.1, 0.15) is 199 Å². The van der Waals surface area contributed by atoms with Crippen molar-refractivity contribution in [1.29, 1.82) is 0 Å². The SMILES string of the molecule is CO[C@@]1(C)CC[C@H]2[C@H](C)CC[C@H]3[C@@H](C)[C@H](OC(=O)CCC(=O)OCC(COC(=O)CCC(=O)O[C@@H]4O[C@@H]5O[C@@]6(C)CC[C@H]7[C@H](C)CC[C@@H]([C@H]4C)[C@@]57OO6)(COC(=O)CCC(=O)O[C@@H]4O[C@@H]5O[C@@]6(C)CC[C@H]7[C@H](C)CC[C@@](C)([C@H]4C)[C@@]57OO6)NC(C)C)OC[C@]32OO1. The van der Waals surface area contributed by atoms with Crippen LogP contribution in [0.3, 0.4) is 0 Å². The minimum Gasteiger partial charge on any atom is -0.463 e. The number of fused-ring (bicyclic) bond motifs is 4. The third-order valence-corrected chi connectivity index (χ3v) is 23.6. The van der Waals surface area contributed by atoms with Crippen molar-refractivity contribution in [3.8, 4) is 0 Å². The fraction of sp³-hybridized carbons (Fsp3) is 0.909. The predicted octanol–water partition coefficient (Wildman–Crippen LogP) is 8.63. The molecule has 514 valence electrons. The van der Waals surface area contributed by atoms with E-state index in [0.29, 0.717) is 37.0 Å². The average Bonchev–Trinajstić information content (AvgIpc) is 1.69. The van der Waals surface area contributed by atoms with Crippen LogP contribution in [0.5, 0.6) is 0 Å². The van der Waals surface area contributed by atoms with E-state index in [9.17, 15) is 28.8 Å². The van der Waals surface area contributed by atoms with Gasteiger partial charge in [-0.2, -0.15) is 0 Å². The number of carbonyl (C=O) groups excluding carboxylic acids is 6. The van der Waals surface area contributed by atoms with Gasteiger partial charge in [0.2, 0.25) is 30.4 Å². The summed E-state index contributed by atoms with van der Waals surface area (Å²) in [5.41, 5.74) is -4.69. The van der Waals surface area contributed by atoms with Gasteiger partial charge in [-0.3, -0.25) is 28.8 Å². The zero-order valence-corrected chi connectivity index (χ0v) is 55.7. The number of nitrogens with one attached hydrogen (secondary N) is 1. The molecule has 25 nitrogen and oxygen atoms in total. The van der Waals surface area contributed by atoms with Gasteiger partial charge in [0, 0.05) is 67.4 Å². The molecule has 10 heterocycles. The first-order chi connectivity index (χ1) is 43.0. The summed E-state index contributed by atoms with van der Waals surface area (Å²) in [6.45, 7) is 22.3. The van der Waals surface area contributed by atoms with Crippen LogP contribution in [0.4, 0.5) is 0 Å². The summed E-state index contributed by atoms with van der Waals surface area (Å²) in [7, 11) is 1.59. The summed E-state index contributed by atoms with van der Waals surface area (Å²) < 4.78 is 73.1. The standard InChI is InChI=1S/C66H101NO24/c1-36(2)67-63(32-75-48(68)18-21-51(71)79-54-40(6)46-16-14-37(3)43-25-29-60(10,74-13)86-89-64(43,46)35-78-54,33-76-49(69)19-22-52(72)80-55-41(7)47-17-15-38(4)44-26-30-61(11)84-57(82-55)65(44,47)90-87-61)34-77-50(70)20-23-53(73)81-56-42(8)59(9)28-24-39(5)45-27-31-62(12)85-58(83-56)66(45,59)91-88-62/h36-47,54-58,67H,14-35H2,1-13H3/t37-,38-,39-,40-,41-,42+,43+,44+,45+,46+,47+,54+,55-,56-,57-,58-,59+,60-,61-,62-,63?,64-,65-,66+/m1/s1. The summed E-state index contributed by atoms with van der Waals surface area (Å²) in [5, 5.41) is 3.27. The molecule has 10 saturated heterocycles. The molecule has 3 aliphatic carbocycles. The van der Waals surface area contributed by atoms with Gasteiger partial charge in [0.05, 0.1) is 45.1 Å². The Kier molecular flexibility index (Phi) is 19.9. The normalized spacial score (nSPS) is 45.2. The average molecular weight is 1290 g/mol. The first-order valence-electron chi connectivity index (χ1n) is 33.8. The Morgan fingerprint density at radius 1 is 0.495 bits per heavy atom. The molecule has 13 aliphatic rings. The van der Waals surface area contributed by atoms with Crippen LogP contribution < -0.4 is 5.32 Å². The van der Waals surface area contributed by atoms with E-state index < -0.39 is 151 Å². The monoisotopic (exact) mass is 1290 g/mol. The lowest BCUT2D eigenvalue weighted by Crippen LogP contribution is -2.74. The van der Waals surface area contributed by atoms with Crippen LogP contribution in [0.25, 0.3) is 0 Å². The fourth-order valence-corrected chi connectivity index (χ4v) is 17.9. The molecule has 0 aromatic rings. The van der Waals surface area contributed by atoms with Gasteiger partial charge in [0.25, 0.3) is 0 Å². The van der Waals surface area contributed by atoms with Gasteiger partial charge < -0.3 is 62.2 Å². The van der Waals surface area contributed by atoms with Crippen molar-refractivity contribution < 1.29 is 115 Å². The van der Waals surface area contributed by atoms with Gasteiger partial charge in [-0.05, 0) is 114 Å². The van der Waals surface area contributed by atoms with E-state index in [2.05, 4.69) is 33.0 Å². The van der Waals surface area contributed by atoms with Crippen molar-refractivity contribution in [2.45, 2.75) is 276 Å². The highest BCUT2D eigenvalue weighted by atomic mass is 17.3. The molecule has 3 spiro atoms. The van der Waals surface area contributed by atoms with Gasteiger partial charge in [0.1, 0.15) is 31.0 Å². The van der Waals surface area contributed by atoms with E-state index in [0.717, 1.165) is 57.8 Å². The van der Waals surface area contributed by atoms with Gasteiger partial charge in [0.15, 0.2) is 29.6 Å². The largest absolute Gasteiger partial charge is 0.463 e. The second-order valence-corrected chi connectivity index (χ2v) is 30.0. The quantitative estimate of drug-likeness (QED) is 0.0639. The molecule has 1 unspecified atom stereocenters. The van der Waals surface area contributed by atoms with Crippen LogP contribution in [0, 0.1) is 70.5 Å². The molecule has 0 aromatic carbocycles. The molecule has 24 atom stereocenters. The van der Waals surface area contributed by atoms with Crippen molar-refractivity contribution in [2.75, 3.05) is 33.5 Å². The van der Waals surface area contributed by atoms with Crippen molar-refractivity contribution in [3.63, 3.8) is 0 Å². The highest BCUT2D eigenvalue weighted by molar-refractivity contribution is 5.79. The minimum atomic E-state index is -1.58. The lowest BCUT2D eigenvalue weighted by Gasteiger charge is -2.65. The topological polar surface area (TPSA) is 281 Å². The van der Waals surface area contributed by atoms with Gasteiger partial charge in [-0.25, -0.2) is 29.3 Å². The van der Waals surface area contributed by atoms with Gasteiger partial charge in [-0.1, -0.05) is 62.3 Å². The Morgan fingerprint density at radius 3 is 1.59 bits per heavy atom. The maximum atomic E-state index is 13.7. The van der Waals surface area contributed by atoms with Crippen molar-refractivity contribution in [1.82, 2.24) is 5.32 Å². The number of hydrogen-bond donors (Lipinski definition) is 1. The van der Waals surface area contributed by atoms with Crippen LogP contribution in [0.2, 0.25) is 0 Å². The second kappa shape index (κ2) is 26.4. The third kappa shape index (κ3) is 13.0. The van der Waals surface area contributed by atoms with Crippen LogP contribution in [-0.2, 0) is 115 Å². The molecule has 1 N–H and O–H groups in total. The molecule has 4 bridgehead atoms.